The molecule has 0 fully saturated rings. The summed E-state index contributed by atoms with van der Waals surface area (Å²) in [6.45, 7) is -0.194. The lowest BCUT2D eigenvalue weighted by Gasteiger charge is -2.09. The third-order valence-electron chi connectivity index (χ3n) is 1.85. The van der Waals surface area contributed by atoms with Crippen LogP contribution in [0.2, 0.25) is 0 Å². The van der Waals surface area contributed by atoms with Crippen molar-refractivity contribution in [2.24, 2.45) is 11.5 Å². The van der Waals surface area contributed by atoms with E-state index in [1.807, 2.05) is 0 Å². The fraction of sp³-hybridized carbons (Fsp3) is 0.222. The topological polar surface area (TPSA) is 121 Å². The van der Waals surface area contributed by atoms with Crippen LogP contribution in [0.5, 0.6) is 5.75 Å². The molecule has 7 nitrogen and oxygen atoms in total. The molecule has 1 atom stereocenters. The number of benzene rings is 1. The minimum atomic E-state index is -0.986. The molecule has 0 saturated carbocycles. The van der Waals surface area contributed by atoms with Gasteiger partial charge in [0, 0.05) is 6.07 Å². The van der Waals surface area contributed by atoms with E-state index in [0.29, 0.717) is 0 Å². The molecule has 1 aromatic rings. The first-order valence-electron chi connectivity index (χ1n) is 4.43. The van der Waals surface area contributed by atoms with Crippen LogP contribution in [0, 0.1) is 10.1 Å². The summed E-state index contributed by atoms with van der Waals surface area (Å²) in [5.74, 6) is -0.664. The van der Waals surface area contributed by atoms with Crippen molar-refractivity contribution in [1.82, 2.24) is 0 Å². The number of primary amides is 1. The van der Waals surface area contributed by atoms with E-state index >= 15 is 0 Å². The van der Waals surface area contributed by atoms with Crippen LogP contribution in [0.1, 0.15) is 0 Å². The van der Waals surface area contributed by atoms with Gasteiger partial charge in [-0.1, -0.05) is 12.1 Å². The Labute approximate surface area is 91.1 Å². The number of hydrogen-bond donors (Lipinski definition) is 2. The Morgan fingerprint density at radius 2 is 2.12 bits per heavy atom. The molecular weight excluding hydrogens is 214 g/mol. The molecule has 0 bridgehead atoms. The second kappa shape index (κ2) is 5.08. The van der Waals surface area contributed by atoms with Crippen LogP contribution in [-0.4, -0.2) is 23.5 Å². The zero-order chi connectivity index (χ0) is 12.1. The van der Waals surface area contributed by atoms with E-state index in [1.54, 1.807) is 6.07 Å². The van der Waals surface area contributed by atoms with E-state index in [2.05, 4.69) is 0 Å². The van der Waals surface area contributed by atoms with Crippen molar-refractivity contribution >= 4 is 11.6 Å². The molecule has 1 aromatic carbocycles. The summed E-state index contributed by atoms with van der Waals surface area (Å²) in [7, 11) is 0. The number of carbonyl (C=O) groups excluding carboxylic acids is 1. The molecule has 1 unspecified atom stereocenters. The Morgan fingerprint density at radius 3 is 2.69 bits per heavy atom. The standard InChI is InChI=1S/C9H11N3O4/c10-6(9(11)13)5-16-8-4-2-1-3-7(8)12(14)15/h1-4,6H,5,10H2,(H2,11,13). The van der Waals surface area contributed by atoms with Gasteiger partial charge in [-0.25, -0.2) is 0 Å². The quantitative estimate of drug-likeness (QED) is 0.530. The molecule has 0 saturated heterocycles. The third kappa shape index (κ3) is 2.92. The molecule has 0 aromatic heterocycles. The Morgan fingerprint density at radius 1 is 1.50 bits per heavy atom. The summed E-state index contributed by atoms with van der Waals surface area (Å²) in [5, 5.41) is 10.6. The number of carbonyl (C=O) groups is 1. The maximum Gasteiger partial charge on any atom is 0.310 e. The molecule has 1 amide bonds. The first-order valence-corrected chi connectivity index (χ1v) is 4.43. The average Bonchev–Trinajstić information content (AvgIpc) is 2.25. The van der Waals surface area contributed by atoms with Crippen LogP contribution in [-0.2, 0) is 4.79 Å². The minimum absolute atomic E-state index is 0.0594. The molecule has 86 valence electrons. The minimum Gasteiger partial charge on any atom is -0.485 e. The van der Waals surface area contributed by atoms with Crippen LogP contribution in [0.15, 0.2) is 24.3 Å². The summed E-state index contributed by atoms with van der Waals surface area (Å²) >= 11 is 0. The number of para-hydroxylation sites is 2. The van der Waals surface area contributed by atoms with Crippen LogP contribution >= 0.6 is 0 Å². The van der Waals surface area contributed by atoms with Gasteiger partial charge in [-0.05, 0) is 6.07 Å². The fourth-order valence-corrected chi connectivity index (χ4v) is 0.992. The lowest BCUT2D eigenvalue weighted by atomic mass is 10.3. The molecule has 0 spiro atoms. The average molecular weight is 225 g/mol. The van der Waals surface area contributed by atoms with Gasteiger partial charge >= 0.3 is 5.69 Å². The Hall–Kier alpha value is -2.15. The smallest absolute Gasteiger partial charge is 0.310 e. The van der Waals surface area contributed by atoms with Crippen LogP contribution in [0.4, 0.5) is 5.69 Å². The van der Waals surface area contributed by atoms with Crippen molar-refractivity contribution < 1.29 is 14.5 Å². The van der Waals surface area contributed by atoms with E-state index in [1.165, 1.54) is 18.2 Å². The zero-order valence-electron chi connectivity index (χ0n) is 8.33. The second-order valence-corrected chi connectivity index (χ2v) is 3.04. The monoisotopic (exact) mass is 225 g/mol. The summed E-state index contributed by atoms with van der Waals surface area (Å²) in [6, 6.07) is 4.83. The van der Waals surface area contributed by atoms with Crippen molar-refractivity contribution in [3.8, 4) is 5.75 Å². The molecule has 16 heavy (non-hydrogen) atoms. The highest BCUT2D eigenvalue weighted by Crippen LogP contribution is 2.25. The first kappa shape index (κ1) is 11.9. The highest BCUT2D eigenvalue weighted by Gasteiger charge is 2.16. The van der Waals surface area contributed by atoms with E-state index in [0.717, 1.165) is 0 Å². The lowest BCUT2D eigenvalue weighted by Crippen LogP contribution is -2.41. The first-order chi connectivity index (χ1) is 7.52. The van der Waals surface area contributed by atoms with Gasteiger partial charge in [0.15, 0.2) is 5.75 Å². The van der Waals surface area contributed by atoms with Crippen LogP contribution in [0.25, 0.3) is 0 Å². The van der Waals surface area contributed by atoms with E-state index in [9.17, 15) is 14.9 Å². The van der Waals surface area contributed by atoms with Gasteiger partial charge in [0.25, 0.3) is 0 Å². The third-order valence-corrected chi connectivity index (χ3v) is 1.85. The van der Waals surface area contributed by atoms with Gasteiger partial charge in [-0.15, -0.1) is 0 Å². The van der Waals surface area contributed by atoms with Gasteiger partial charge < -0.3 is 16.2 Å². The van der Waals surface area contributed by atoms with E-state index < -0.39 is 16.9 Å². The summed E-state index contributed by atoms with van der Waals surface area (Å²) in [4.78, 5) is 20.6. The number of nitrogens with two attached hydrogens (primary N) is 2. The molecule has 4 N–H and O–H groups in total. The van der Waals surface area contributed by atoms with Crippen molar-refractivity contribution in [1.29, 1.82) is 0 Å². The fourth-order valence-electron chi connectivity index (χ4n) is 0.992. The van der Waals surface area contributed by atoms with Crippen LogP contribution in [0.3, 0.4) is 0 Å². The predicted molar refractivity (Wildman–Crippen MR) is 55.8 cm³/mol. The summed E-state index contributed by atoms with van der Waals surface area (Å²) in [5.41, 5.74) is 10.1. The van der Waals surface area contributed by atoms with Crippen molar-refractivity contribution in [3.63, 3.8) is 0 Å². The molecule has 0 aliphatic rings. The van der Waals surface area contributed by atoms with Gasteiger partial charge in [0.2, 0.25) is 5.91 Å². The molecule has 7 heteroatoms. The normalized spacial score (nSPS) is 11.8. The van der Waals surface area contributed by atoms with Gasteiger partial charge in [0.05, 0.1) is 4.92 Å². The zero-order valence-corrected chi connectivity index (χ0v) is 8.33. The Kier molecular flexibility index (Phi) is 3.78. The van der Waals surface area contributed by atoms with Gasteiger partial charge in [-0.2, -0.15) is 0 Å². The molecule has 0 aliphatic carbocycles. The van der Waals surface area contributed by atoms with Crippen LogP contribution < -0.4 is 16.2 Å². The molecular formula is C9H11N3O4. The van der Waals surface area contributed by atoms with Gasteiger partial charge in [-0.3, -0.25) is 14.9 Å². The number of rotatable bonds is 5. The van der Waals surface area contributed by atoms with E-state index in [-0.39, 0.29) is 18.0 Å². The molecule has 0 heterocycles. The maximum atomic E-state index is 10.6. The number of nitrogens with zero attached hydrogens (tertiary/aromatic N) is 1. The molecule has 0 radical (unpaired) electrons. The highest BCUT2D eigenvalue weighted by atomic mass is 16.6. The second-order valence-electron chi connectivity index (χ2n) is 3.04. The van der Waals surface area contributed by atoms with Gasteiger partial charge in [0.1, 0.15) is 12.6 Å². The Balaban J connectivity index is 2.74. The SMILES string of the molecule is NC(=O)C(N)COc1ccccc1[N+](=O)[O-]. The van der Waals surface area contributed by atoms with E-state index in [4.69, 9.17) is 16.2 Å². The highest BCUT2D eigenvalue weighted by molar-refractivity contribution is 5.79. The largest absolute Gasteiger partial charge is 0.485 e. The molecule has 1 rings (SSSR count). The summed E-state index contributed by atoms with van der Waals surface area (Å²) < 4.78 is 5.05. The van der Waals surface area contributed by atoms with Crippen molar-refractivity contribution in [3.05, 3.63) is 34.4 Å². The Bertz CT molecular complexity index is 407. The number of amides is 1. The summed E-state index contributed by atoms with van der Waals surface area (Å²) in [6.07, 6.45) is 0. The number of nitro benzene ring substituents is 1. The van der Waals surface area contributed by atoms with Crippen molar-refractivity contribution in [2.75, 3.05) is 6.61 Å². The number of ether oxygens (including phenoxy) is 1. The number of nitro groups is 1. The lowest BCUT2D eigenvalue weighted by molar-refractivity contribution is -0.385. The number of hydrogen-bond acceptors (Lipinski definition) is 5. The maximum absolute atomic E-state index is 10.6. The predicted octanol–water partition coefficient (Wildman–Crippen LogP) is -0.214. The molecule has 0 aliphatic heterocycles. The van der Waals surface area contributed by atoms with Crippen molar-refractivity contribution in [2.45, 2.75) is 6.04 Å².